The predicted molar refractivity (Wildman–Crippen MR) is 99.7 cm³/mol. The molecule has 26 heavy (non-hydrogen) atoms. The fourth-order valence-corrected chi connectivity index (χ4v) is 3.55. The topological polar surface area (TPSA) is 73.7 Å². The van der Waals surface area contributed by atoms with E-state index in [0.717, 1.165) is 44.4 Å². The lowest BCUT2D eigenvalue weighted by Gasteiger charge is -2.28. The van der Waals surface area contributed by atoms with E-state index in [1.54, 1.807) is 24.4 Å². The van der Waals surface area contributed by atoms with Gasteiger partial charge >= 0.3 is 5.97 Å². The molecule has 6 heteroatoms. The monoisotopic (exact) mass is 353 g/mol. The number of pyridine rings is 1. The van der Waals surface area contributed by atoms with Gasteiger partial charge in [-0.2, -0.15) is 0 Å². The second-order valence-corrected chi connectivity index (χ2v) is 6.49. The number of likely N-dealkylation sites (N-methyl/N-ethyl adjacent to an activating group) is 1. The number of carboxylic acid groups (broad SMARTS) is 1. The van der Waals surface area contributed by atoms with E-state index in [2.05, 4.69) is 21.7 Å². The summed E-state index contributed by atoms with van der Waals surface area (Å²) in [6.45, 7) is 5.31. The zero-order valence-electron chi connectivity index (χ0n) is 14.8. The van der Waals surface area contributed by atoms with Crippen LogP contribution in [0.3, 0.4) is 0 Å². The second kappa shape index (κ2) is 8.10. The van der Waals surface area contributed by atoms with Crippen LogP contribution in [0.5, 0.6) is 0 Å². The van der Waals surface area contributed by atoms with Gasteiger partial charge in [0, 0.05) is 37.4 Å². The fraction of sp³-hybridized carbons (Fsp3) is 0.350. The Hall–Kier alpha value is -2.73. The lowest BCUT2D eigenvalue weighted by atomic mass is 10.1. The molecule has 0 radical (unpaired) electrons. The van der Waals surface area contributed by atoms with E-state index < -0.39 is 5.97 Å². The highest BCUT2D eigenvalue weighted by Gasteiger charge is 2.29. The number of anilines is 1. The molecule has 1 aliphatic heterocycles. The molecule has 1 N–H and O–H groups in total. The normalized spacial score (nSPS) is 16.8. The van der Waals surface area contributed by atoms with Gasteiger partial charge in [0.1, 0.15) is 17.7 Å². The summed E-state index contributed by atoms with van der Waals surface area (Å²) in [4.78, 5) is 31.1. The molecule has 1 saturated heterocycles. The number of carboxylic acids is 1. The molecule has 136 valence electrons. The molecule has 2 heterocycles. The number of carbonyl (C=O) groups excluding carboxylic acids is 1. The van der Waals surface area contributed by atoms with Gasteiger partial charge in [0.2, 0.25) is 0 Å². The minimum Gasteiger partial charge on any atom is -0.478 e. The molecule has 6 nitrogen and oxygen atoms in total. The summed E-state index contributed by atoms with van der Waals surface area (Å²) in [6.07, 6.45) is 3.46. The van der Waals surface area contributed by atoms with Crippen molar-refractivity contribution in [3.8, 4) is 0 Å². The van der Waals surface area contributed by atoms with Crippen LogP contribution in [0.25, 0.3) is 0 Å². The molecule has 0 aliphatic carbocycles. The first-order chi connectivity index (χ1) is 12.6. The summed E-state index contributed by atoms with van der Waals surface area (Å²) < 4.78 is 0. The van der Waals surface area contributed by atoms with Gasteiger partial charge in [-0.05, 0) is 36.7 Å². The van der Waals surface area contributed by atoms with E-state index in [9.17, 15) is 14.7 Å². The van der Waals surface area contributed by atoms with E-state index in [-0.39, 0.29) is 5.56 Å². The average molecular weight is 353 g/mol. The Balaban J connectivity index is 1.72. The smallest absolute Gasteiger partial charge is 0.339 e. The molecule has 0 saturated carbocycles. The zero-order chi connectivity index (χ0) is 18.5. The van der Waals surface area contributed by atoms with Crippen LogP contribution >= 0.6 is 0 Å². The third-order valence-electron chi connectivity index (χ3n) is 4.88. The quantitative estimate of drug-likeness (QED) is 0.772. The molecular weight excluding hydrogens is 330 g/mol. The van der Waals surface area contributed by atoms with Crippen molar-refractivity contribution in [1.29, 1.82) is 0 Å². The minimum absolute atomic E-state index is 0.245. The van der Waals surface area contributed by atoms with Gasteiger partial charge in [-0.25, -0.2) is 9.78 Å². The Morgan fingerprint density at radius 3 is 2.96 bits per heavy atom. The Morgan fingerprint density at radius 2 is 2.23 bits per heavy atom. The minimum atomic E-state index is -0.949. The van der Waals surface area contributed by atoms with Crippen LogP contribution in [-0.2, 0) is 6.54 Å². The van der Waals surface area contributed by atoms with Crippen molar-refractivity contribution in [2.45, 2.75) is 25.9 Å². The molecule has 1 aromatic carbocycles. The first-order valence-corrected chi connectivity index (χ1v) is 8.83. The maximum absolute atomic E-state index is 11.4. The Kier molecular flexibility index (Phi) is 5.63. The molecule has 0 amide bonds. The van der Waals surface area contributed by atoms with Crippen LogP contribution in [0.4, 0.5) is 5.82 Å². The number of aromatic nitrogens is 1. The molecular formula is C20H23N3O3. The van der Waals surface area contributed by atoms with Gasteiger partial charge in [-0.1, -0.05) is 25.1 Å². The number of hydrogen-bond donors (Lipinski definition) is 1. The Bertz CT molecular complexity index is 793. The average Bonchev–Trinajstić information content (AvgIpc) is 3.16. The number of carbonyl (C=O) groups is 2. The zero-order valence-corrected chi connectivity index (χ0v) is 14.8. The highest BCUT2D eigenvalue weighted by atomic mass is 16.4. The first kappa shape index (κ1) is 18.1. The summed E-state index contributed by atoms with van der Waals surface area (Å²) in [5.74, 6) is -0.406. The summed E-state index contributed by atoms with van der Waals surface area (Å²) in [5, 5.41) is 9.39. The van der Waals surface area contributed by atoms with Crippen LogP contribution in [0, 0.1) is 0 Å². The number of benzene rings is 1. The molecule has 1 atom stereocenters. The number of aromatic carboxylic acids is 1. The molecule has 0 unspecified atom stereocenters. The first-order valence-electron chi connectivity index (χ1n) is 8.83. The van der Waals surface area contributed by atoms with Crippen molar-refractivity contribution in [1.82, 2.24) is 9.88 Å². The maximum atomic E-state index is 11.4. The molecule has 2 aromatic rings. The summed E-state index contributed by atoms with van der Waals surface area (Å²) in [5.41, 5.74) is 2.04. The fourth-order valence-electron chi connectivity index (χ4n) is 3.55. The number of hydrogen-bond acceptors (Lipinski definition) is 5. The number of rotatable bonds is 7. The summed E-state index contributed by atoms with van der Waals surface area (Å²) in [6, 6.07) is 11.2. The van der Waals surface area contributed by atoms with Gasteiger partial charge < -0.3 is 10.0 Å². The van der Waals surface area contributed by atoms with Crippen molar-refractivity contribution >= 4 is 18.1 Å². The van der Waals surface area contributed by atoms with E-state index in [1.807, 2.05) is 18.2 Å². The molecule has 1 aliphatic rings. The van der Waals surface area contributed by atoms with E-state index in [0.29, 0.717) is 17.4 Å². The van der Waals surface area contributed by atoms with Gasteiger partial charge in [0.15, 0.2) is 0 Å². The van der Waals surface area contributed by atoms with Crippen LogP contribution < -0.4 is 4.90 Å². The molecule has 3 rings (SSSR count). The lowest BCUT2D eigenvalue weighted by molar-refractivity contribution is 0.0697. The Morgan fingerprint density at radius 1 is 1.38 bits per heavy atom. The highest BCUT2D eigenvalue weighted by Crippen LogP contribution is 2.25. The standard InChI is InChI=1S/C20H23N3O3/c1-2-22(12-15-5-3-6-16(11-15)14-24)17-8-10-23(13-17)19-18(20(25)26)7-4-9-21-19/h3-7,9,11,14,17H,2,8,10,12-13H2,1H3,(H,25,26)/t17-/m1/s1. The third kappa shape index (κ3) is 3.91. The van der Waals surface area contributed by atoms with E-state index in [1.165, 1.54) is 0 Å². The van der Waals surface area contributed by atoms with Crippen molar-refractivity contribution in [2.75, 3.05) is 24.5 Å². The van der Waals surface area contributed by atoms with Crippen LogP contribution in [0.15, 0.2) is 42.6 Å². The molecule has 0 bridgehead atoms. The van der Waals surface area contributed by atoms with E-state index in [4.69, 9.17) is 0 Å². The van der Waals surface area contributed by atoms with Gasteiger partial charge in [-0.15, -0.1) is 0 Å². The SMILES string of the molecule is CCN(Cc1cccc(C=O)c1)[C@@H]1CCN(c2ncccc2C(=O)O)C1. The van der Waals surface area contributed by atoms with Gasteiger partial charge in [0.25, 0.3) is 0 Å². The highest BCUT2D eigenvalue weighted by molar-refractivity contribution is 5.93. The Labute approximate surface area is 153 Å². The van der Waals surface area contributed by atoms with Crippen LogP contribution in [-0.4, -0.2) is 52.9 Å². The lowest BCUT2D eigenvalue weighted by Crippen LogP contribution is -2.37. The summed E-state index contributed by atoms with van der Waals surface area (Å²) in [7, 11) is 0. The molecule has 1 fully saturated rings. The van der Waals surface area contributed by atoms with Gasteiger partial charge in [-0.3, -0.25) is 9.69 Å². The maximum Gasteiger partial charge on any atom is 0.339 e. The number of aldehydes is 1. The van der Waals surface area contributed by atoms with Crippen molar-refractivity contribution in [3.63, 3.8) is 0 Å². The van der Waals surface area contributed by atoms with Crippen molar-refractivity contribution in [2.24, 2.45) is 0 Å². The van der Waals surface area contributed by atoms with E-state index >= 15 is 0 Å². The van der Waals surface area contributed by atoms with Crippen LogP contribution in [0.1, 0.15) is 39.6 Å². The summed E-state index contributed by atoms with van der Waals surface area (Å²) >= 11 is 0. The second-order valence-electron chi connectivity index (χ2n) is 6.49. The van der Waals surface area contributed by atoms with Crippen LogP contribution in [0.2, 0.25) is 0 Å². The van der Waals surface area contributed by atoms with Crippen molar-refractivity contribution < 1.29 is 14.7 Å². The number of nitrogens with zero attached hydrogens (tertiary/aromatic N) is 3. The molecule has 0 spiro atoms. The largest absolute Gasteiger partial charge is 0.478 e. The third-order valence-corrected chi connectivity index (χ3v) is 4.88. The molecule has 1 aromatic heterocycles. The van der Waals surface area contributed by atoms with Gasteiger partial charge in [0.05, 0.1) is 0 Å². The van der Waals surface area contributed by atoms with Crippen molar-refractivity contribution in [3.05, 3.63) is 59.3 Å². The predicted octanol–water partition coefficient (Wildman–Crippen LogP) is 2.69.